The Morgan fingerprint density at radius 3 is 1.95 bits per heavy atom. The van der Waals surface area contributed by atoms with E-state index in [9.17, 15) is 24.6 Å². The van der Waals surface area contributed by atoms with E-state index in [1.165, 1.54) is 16.8 Å². The zero-order chi connectivity index (χ0) is 17.1. The molecule has 0 radical (unpaired) electrons. The van der Waals surface area contributed by atoms with Crippen LogP contribution in [0.1, 0.15) is 33.6 Å². The van der Waals surface area contributed by atoms with Gasteiger partial charge in [0.25, 0.3) is 0 Å². The molecular formula is C14H24N2O6. The Morgan fingerprint density at radius 1 is 1.14 bits per heavy atom. The average Bonchev–Trinajstić information content (AvgIpc) is 2.77. The second-order valence-corrected chi connectivity index (χ2v) is 6.43. The number of carbonyl (C=O) groups is 3. The van der Waals surface area contributed by atoms with E-state index in [4.69, 9.17) is 4.74 Å². The molecule has 0 spiro atoms. The predicted molar refractivity (Wildman–Crippen MR) is 77.7 cm³/mol. The van der Waals surface area contributed by atoms with Crippen LogP contribution < -0.4 is 0 Å². The normalized spacial score (nSPS) is 22.4. The Kier molecular flexibility index (Phi) is 5.76. The minimum atomic E-state index is -1.04. The average molecular weight is 316 g/mol. The van der Waals surface area contributed by atoms with Gasteiger partial charge in [0.15, 0.2) is 0 Å². The molecule has 22 heavy (non-hydrogen) atoms. The van der Waals surface area contributed by atoms with Gasteiger partial charge >= 0.3 is 18.0 Å². The van der Waals surface area contributed by atoms with Crippen LogP contribution in [0.3, 0.4) is 0 Å². The number of hydrogen-bond acceptors (Lipinski definition) is 5. The van der Waals surface area contributed by atoms with Gasteiger partial charge < -0.3 is 19.8 Å². The number of hydrogen-bond donors (Lipinski definition) is 2. The number of carboxylic acids is 2. The number of amides is 1. The molecule has 1 amide bonds. The van der Waals surface area contributed by atoms with Gasteiger partial charge in [0.2, 0.25) is 0 Å². The van der Waals surface area contributed by atoms with Crippen molar-refractivity contribution in [3.63, 3.8) is 0 Å². The van der Waals surface area contributed by atoms with Crippen LogP contribution in [0.4, 0.5) is 4.79 Å². The number of nitrogens with zero attached hydrogens (tertiary/aromatic N) is 2. The molecule has 1 saturated heterocycles. The zero-order valence-corrected chi connectivity index (χ0v) is 13.4. The minimum absolute atomic E-state index is 0.170. The lowest BCUT2D eigenvalue weighted by molar-refractivity contribution is -0.147. The number of ether oxygens (including phenoxy) is 1. The molecule has 8 nitrogen and oxygen atoms in total. The molecule has 2 N–H and O–H groups in total. The van der Waals surface area contributed by atoms with Gasteiger partial charge in [0.05, 0.1) is 0 Å². The van der Waals surface area contributed by atoms with Gasteiger partial charge in [-0.25, -0.2) is 4.79 Å². The second kappa shape index (κ2) is 6.95. The lowest BCUT2D eigenvalue weighted by Crippen LogP contribution is -2.48. The molecule has 126 valence electrons. The van der Waals surface area contributed by atoms with Crippen molar-refractivity contribution < 1.29 is 29.3 Å². The highest BCUT2D eigenvalue weighted by Crippen LogP contribution is 2.24. The summed E-state index contributed by atoms with van der Waals surface area (Å²) in [5.74, 6) is -2.08. The fourth-order valence-corrected chi connectivity index (χ4v) is 2.40. The van der Waals surface area contributed by atoms with E-state index in [1.807, 2.05) is 0 Å². The van der Waals surface area contributed by atoms with Crippen LogP contribution in [0.2, 0.25) is 0 Å². The van der Waals surface area contributed by atoms with Gasteiger partial charge in [-0.3, -0.25) is 14.5 Å². The van der Waals surface area contributed by atoms with Gasteiger partial charge in [-0.1, -0.05) is 0 Å². The Hall–Kier alpha value is -1.83. The van der Waals surface area contributed by atoms with Crippen LogP contribution in [-0.4, -0.2) is 75.9 Å². The molecule has 1 rings (SSSR count). The van der Waals surface area contributed by atoms with Crippen LogP contribution in [0.25, 0.3) is 0 Å². The molecule has 2 atom stereocenters. The van der Waals surface area contributed by atoms with E-state index in [0.29, 0.717) is 12.8 Å². The molecule has 0 bridgehead atoms. The fraction of sp³-hybridized carbons (Fsp3) is 0.786. The lowest BCUT2D eigenvalue weighted by atomic mass is 10.2. The summed E-state index contributed by atoms with van der Waals surface area (Å²) in [6, 6.07) is -1.65. The highest BCUT2D eigenvalue weighted by molar-refractivity contribution is 5.79. The number of carbonyl (C=O) groups excluding carboxylic acids is 1. The highest BCUT2D eigenvalue weighted by atomic mass is 16.6. The zero-order valence-electron chi connectivity index (χ0n) is 13.4. The quantitative estimate of drug-likeness (QED) is 0.774. The molecule has 1 aliphatic rings. The van der Waals surface area contributed by atoms with Gasteiger partial charge in [-0.2, -0.15) is 0 Å². The summed E-state index contributed by atoms with van der Waals surface area (Å²) in [7, 11) is 1.54. The molecular weight excluding hydrogens is 292 g/mol. The molecule has 2 unspecified atom stereocenters. The minimum Gasteiger partial charge on any atom is -0.480 e. The Balaban J connectivity index is 2.64. The van der Waals surface area contributed by atoms with Crippen LogP contribution >= 0.6 is 0 Å². The Morgan fingerprint density at radius 2 is 1.59 bits per heavy atom. The molecule has 1 heterocycles. The summed E-state index contributed by atoms with van der Waals surface area (Å²) in [6.07, 6.45) is 0.0655. The number of aliphatic carboxylic acids is 2. The fourth-order valence-electron chi connectivity index (χ4n) is 2.40. The maximum atomic E-state index is 11.8. The van der Waals surface area contributed by atoms with Gasteiger partial charge in [0.1, 0.15) is 17.7 Å². The van der Waals surface area contributed by atoms with Crippen molar-refractivity contribution in [2.24, 2.45) is 0 Å². The molecule has 0 aromatic heterocycles. The first-order valence-corrected chi connectivity index (χ1v) is 7.18. The summed E-state index contributed by atoms with van der Waals surface area (Å²) < 4.78 is 5.20. The molecule has 1 aliphatic heterocycles. The van der Waals surface area contributed by atoms with E-state index >= 15 is 0 Å². The van der Waals surface area contributed by atoms with Gasteiger partial charge in [0, 0.05) is 20.1 Å². The van der Waals surface area contributed by atoms with Gasteiger partial charge in [-0.15, -0.1) is 0 Å². The Bertz CT molecular complexity index is 423. The summed E-state index contributed by atoms with van der Waals surface area (Å²) in [5, 5.41) is 18.3. The van der Waals surface area contributed by atoms with Crippen molar-refractivity contribution in [1.82, 2.24) is 9.80 Å². The molecule has 1 fully saturated rings. The third-order valence-electron chi connectivity index (χ3n) is 3.48. The first kappa shape index (κ1) is 18.2. The van der Waals surface area contributed by atoms with E-state index in [0.717, 1.165) is 0 Å². The maximum absolute atomic E-state index is 11.8. The summed E-state index contributed by atoms with van der Waals surface area (Å²) in [4.78, 5) is 37.0. The number of rotatable bonds is 5. The third kappa shape index (κ3) is 4.87. The first-order chi connectivity index (χ1) is 10.0. The van der Waals surface area contributed by atoms with E-state index < -0.39 is 35.7 Å². The van der Waals surface area contributed by atoms with Crippen molar-refractivity contribution in [3.05, 3.63) is 0 Å². The predicted octanol–water partition coefficient (Wildman–Crippen LogP) is 0.855. The van der Waals surface area contributed by atoms with Crippen molar-refractivity contribution in [3.8, 4) is 0 Å². The SMILES string of the molecule is CN(CCN1C(C(=O)O)CCC1C(=O)O)C(=O)OC(C)(C)C. The van der Waals surface area contributed by atoms with Crippen molar-refractivity contribution in [2.45, 2.75) is 51.3 Å². The first-order valence-electron chi connectivity index (χ1n) is 7.18. The molecule has 0 aromatic rings. The van der Waals surface area contributed by atoms with E-state index in [-0.39, 0.29) is 13.1 Å². The molecule has 0 aliphatic carbocycles. The standard InChI is InChI=1S/C14H24N2O6/c1-14(2,3)22-13(21)15(4)7-8-16-9(11(17)18)5-6-10(16)12(19)20/h9-10H,5-8H2,1-4H3,(H,17,18)(H,19,20). The highest BCUT2D eigenvalue weighted by Gasteiger charge is 2.41. The topological polar surface area (TPSA) is 107 Å². The van der Waals surface area contributed by atoms with Crippen LogP contribution in [0.15, 0.2) is 0 Å². The van der Waals surface area contributed by atoms with E-state index in [1.54, 1.807) is 20.8 Å². The smallest absolute Gasteiger partial charge is 0.410 e. The van der Waals surface area contributed by atoms with Crippen LogP contribution in [0.5, 0.6) is 0 Å². The molecule has 0 saturated carbocycles. The van der Waals surface area contributed by atoms with Crippen LogP contribution in [0, 0.1) is 0 Å². The number of likely N-dealkylation sites (tertiary alicyclic amines) is 1. The second-order valence-electron chi connectivity index (χ2n) is 6.43. The largest absolute Gasteiger partial charge is 0.480 e. The summed E-state index contributed by atoms with van der Waals surface area (Å²) in [6.45, 7) is 5.62. The monoisotopic (exact) mass is 316 g/mol. The van der Waals surface area contributed by atoms with Gasteiger partial charge in [-0.05, 0) is 33.6 Å². The lowest BCUT2D eigenvalue weighted by Gasteiger charge is -2.29. The molecule has 0 aromatic carbocycles. The maximum Gasteiger partial charge on any atom is 0.410 e. The van der Waals surface area contributed by atoms with Crippen molar-refractivity contribution in [2.75, 3.05) is 20.1 Å². The van der Waals surface area contributed by atoms with E-state index in [2.05, 4.69) is 0 Å². The number of likely N-dealkylation sites (N-methyl/N-ethyl adjacent to an activating group) is 1. The summed E-state index contributed by atoms with van der Waals surface area (Å²) in [5.41, 5.74) is -0.619. The Labute approximate surface area is 129 Å². The van der Waals surface area contributed by atoms with Crippen LogP contribution in [-0.2, 0) is 14.3 Å². The summed E-state index contributed by atoms with van der Waals surface area (Å²) >= 11 is 0. The van der Waals surface area contributed by atoms with Crippen molar-refractivity contribution >= 4 is 18.0 Å². The number of carboxylic acid groups (broad SMARTS) is 2. The van der Waals surface area contributed by atoms with Crippen molar-refractivity contribution in [1.29, 1.82) is 0 Å². The molecule has 8 heteroatoms. The third-order valence-corrected chi connectivity index (χ3v) is 3.48.